The van der Waals surface area contributed by atoms with Crippen molar-refractivity contribution in [1.29, 1.82) is 0 Å². The maximum Gasteiger partial charge on any atom is 0.328 e. The van der Waals surface area contributed by atoms with Crippen LogP contribution in [-0.2, 0) is 9.59 Å². The molecule has 2 aromatic heterocycles. The predicted molar refractivity (Wildman–Crippen MR) is 114 cm³/mol. The van der Waals surface area contributed by atoms with Gasteiger partial charge in [-0.05, 0) is 49.4 Å². The summed E-state index contributed by atoms with van der Waals surface area (Å²) in [6, 6.07) is 8.02. The van der Waals surface area contributed by atoms with E-state index >= 15 is 0 Å². The van der Waals surface area contributed by atoms with Crippen LogP contribution in [-0.4, -0.2) is 62.9 Å². The predicted octanol–water partition coefficient (Wildman–Crippen LogP) is 3.18. The lowest BCUT2D eigenvalue weighted by atomic mass is 9.75. The summed E-state index contributed by atoms with van der Waals surface area (Å²) in [5.41, 5.74) is 1.52. The van der Waals surface area contributed by atoms with Crippen LogP contribution >= 0.6 is 0 Å². The van der Waals surface area contributed by atoms with E-state index in [1.807, 2.05) is 35.0 Å². The van der Waals surface area contributed by atoms with Crippen molar-refractivity contribution < 1.29 is 24.5 Å². The minimum absolute atomic E-state index is 0.444. The molecule has 164 valence electrons. The summed E-state index contributed by atoms with van der Waals surface area (Å²) in [5, 5.41) is 20.0. The molecule has 0 bridgehead atoms. The molecule has 0 atom stereocenters. The highest BCUT2D eigenvalue weighted by atomic mass is 16.5. The van der Waals surface area contributed by atoms with Gasteiger partial charge in [0.15, 0.2) is 0 Å². The molecule has 1 aliphatic rings. The fourth-order valence-electron chi connectivity index (χ4n) is 3.43. The number of hydrogen-bond donors (Lipinski definition) is 2. The second-order valence-corrected chi connectivity index (χ2v) is 8.39. The average molecular weight is 418 g/mol. The number of rotatable bonds is 6. The summed E-state index contributed by atoms with van der Waals surface area (Å²) in [6.45, 7) is 11.2. The molecule has 1 fully saturated rings. The summed E-state index contributed by atoms with van der Waals surface area (Å²) in [4.78, 5) is 21.6. The number of piperidine rings is 1. The van der Waals surface area contributed by atoms with E-state index in [2.05, 4.69) is 30.8 Å². The van der Waals surface area contributed by atoms with Crippen molar-refractivity contribution >= 4 is 17.5 Å². The van der Waals surface area contributed by atoms with Gasteiger partial charge in [0, 0.05) is 31.0 Å². The molecular formula is C22H31N3O5. The fourth-order valence-corrected chi connectivity index (χ4v) is 3.43. The van der Waals surface area contributed by atoms with E-state index in [1.165, 1.54) is 25.9 Å². The van der Waals surface area contributed by atoms with E-state index in [1.54, 1.807) is 0 Å². The monoisotopic (exact) mass is 417 g/mol. The van der Waals surface area contributed by atoms with E-state index in [4.69, 9.17) is 14.9 Å². The van der Waals surface area contributed by atoms with E-state index in [-0.39, 0.29) is 0 Å². The van der Waals surface area contributed by atoms with Gasteiger partial charge in [-0.2, -0.15) is 0 Å². The summed E-state index contributed by atoms with van der Waals surface area (Å²) in [5.74, 6) is -0.946. The number of aliphatic carboxylic acids is 2. The van der Waals surface area contributed by atoms with Gasteiger partial charge in [0.1, 0.15) is 6.61 Å². The SMILES string of the molecule is CC(C)(C)C1CCN(CCOc2cc3ccccn3n2)CC1.O=C(O)/C=C\C(=O)O. The molecule has 8 nitrogen and oxygen atoms in total. The summed E-state index contributed by atoms with van der Waals surface area (Å²) in [6.07, 6.45) is 5.67. The lowest BCUT2D eigenvalue weighted by molar-refractivity contribution is -0.134. The topological polar surface area (TPSA) is 104 Å². The second kappa shape index (κ2) is 10.8. The highest BCUT2D eigenvalue weighted by Gasteiger charge is 2.28. The third-order valence-electron chi connectivity index (χ3n) is 5.19. The summed E-state index contributed by atoms with van der Waals surface area (Å²) in [7, 11) is 0. The smallest absolute Gasteiger partial charge is 0.328 e. The lowest BCUT2D eigenvalue weighted by Gasteiger charge is -2.38. The Morgan fingerprint density at radius 3 is 2.33 bits per heavy atom. The van der Waals surface area contributed by atoms with Crippen LogP contribution < -0.4 is 4.74 Å². The first-order valence-electron chi connectivity index (χ1n) is 10.1. The first kappa shape index (κ1) is 23.4. The Morgan fingerprint density at radius 2 is 1.80 bits per heavy atom. The number of fused-ring (bicyclic) bond motifs is 1. The van der Waals surface area contributed by atoms with Crippen molar-refractivity contribution in [2.45, 2.75) is 33.6 Å². The Kier molecular flexibility index (Phi) is 8.41. The van der Waals surface area contributed by atoms with Gasteiger partial charge in [-0.25, -0.2) is 14.1 Å². The summed E-state index contributed by atoms with van der Waals surface area (Å²) < 4.78 is 7.67. The average Bonchev–Trinajstić information content (AvgIpc) is 3.09. The fraction of sp³-hybridized carbons (Fsp3) is 0.500. The molecule has 2 N–H and O–H groups in total. The highest BCUT2D eigenvalue weighted by molar-refractivity contribution is 5.89. The lowest BCUT2D eigenvalue weighted by Crippen LogP contribution is -2.39. The molecule has 3 rings (SSSR count). The Hall–Kier alpha value is -2.87. The maximum atomic E-state index is 9.55. The standard InChI is InChI=1S/C18H27N3O.C4H4O4/c1-18(2,3)15-7-10-20(11-8-15)12-13-22-17-14-16-6-4-5-9-21(16)19-17;5-3(6)1-2-4(7)8/h4-6,9,14-15H,7-8,10-13H2,1-3H3;1-2H,(H,5,6)(H,7,8)/b;2-1-. The number of ether oxygens (including phenoxy) is 1. The molecule has 0 aromatic carbocycles. The number of carboxylic acids is 2. The molecule has 0 aliphatic carbocycles. The molecule has 0 spiro atoms. The van der Waals surface area contributed by atoms with Crippen LogP contribution in [0.15, 0.2) is 42.6 Å². The van der Waals surface area contributed by atoms with Gasteiger partial charge in [-0.1, -0.05) is 26.8 Å². The third kappa shape index (κ3) is 7.87. The van der Waals surface area contributed by atoms with E-state index in [9.17, 15) is 9.59 Å². The molecule has 8 heteroatoms. The van der Waals surface area contributed by atoms with Crippen molar-refractivity contribution in [3.05, 3.63) is 42.6 Å². The number of pyridine rings is 1. The van der Waals surface area contributed by atoms with Gasteiger partial charge in [0.05, 0.1) is 5.52 Å². The number of carboxylic acid groups (broad SMARTS) is 2. The first-order valence-corrected chi connectivity index (χ1v) is 10.1. The Balaban J connectivity index is 0.000000343. The highest BCUT2D eigenvalue weighted by Crippen LogP contribution is 2.34. The zero-order chi connectivity index (χ0) is 22.1. The summed E-state index contributed by atoms with van der Waals surface area (Å²) >= 11 is 0. The Morgan fingerprint density at radius 1 is 1.17 bits per heavy atom. The first-order chi connectivity index (χ1) is 14.1. The number of aromatic nitrogens is 2. The van der Waals surface area contributed by atoms with Crippen LogP contribution in [0.25, 0.3) is 5.52 Å². The molecule has 1 saturated heterocycles. The van der Waals surface area contributed by atoms with E-state index < -0.39 is 11.9 Å². The van der Waals surface area contributed by atoms with Crippen LogP contribution in [0.1, 0.15) is 33.6 Å². The van der Waals surface area contributed by atoms with E-state index in [0.29, 0.717) is 24.2 Å². The van der Waals surface area contributed by atoms with Gasteiger partial charge in [0.25, 0.3) is 0 Å². The molecule has 0 unspecified atom stereocenters. The third-order valence-corrected chi connectivity index (χ3v) is 5.19. The molecule has 1 aliphatic heterocycles. The van der Waals surface area contributed by atoms with Crippen molar-refractivity contribution in [3.63, 3.8) is 0 Å². The van der Waals surface area contributed by atoms with Crippen LogP contribution in [0, 0.1) is 11.3 Å². The molecule has 2 aromatic rings. The minimum Gasteiger partial charge on any atom is -0.478 e. The van der Waals surface area contributed by atoms with Crippen LogP contribution in [0.4, 0.5) is 0 Å². The molecule has 0 radical (unpaired) electrons. The van der Waals surface area contributed by atoms with Gasteiger partial charge in [0.2, 0.25) is 5.88 Å². The van der Waals surface area contributed by atoms with Crippen molar-refractivity contribution in [1.82, 2.24) is 14.5 Å². The quantitative estimate of drug-likeness (QED) is 0.696. The van der Waals surface area contributed by atoms with Gasteiger partial charge >= 0.3 is 11.9 Å². The van der Waals surface area contributed by atoms with Crippen LogP contribution in [0.5, 0.6) is 5.88 Å². The largest absolute Gasteiger partial charge is 0.478 e. The van der Waals surface area contributed by atoms with Crippen molar-refractivity contribution in [3.8, 4) is 5.88 Å². The normalized spacial score (nSPS) is 15.7. The molecular weight excluding hydrogens is 386 g/mol. The molecule has 0 amide bonds. The van der Waals surface area contributed by atoms with Crippen molar-refractivity contribution in [2.24, 2.45) is 11.3 Å². The number of carbonyl (C=O) groups is 2. The second-order valence-electron chi connectivity index (χ2n) is 8.39. The zero-order valence-corrected chi connectivity index (χ0v) is 17.8. The molecule has 0 saturated carbocycles. The Labute approximate surface area is 176 Å². The van der Waals surface area contributed by atoms with Gasteiger partial charge in [-0.15, -0.1) is 5.10 Å². The van der Waals surface area contributed by atoms with Crippen molar-refractivity contribution in [2.75, 3.05) is 26.2 Å². The molecule has 30 heavy (non-hydrogen) atoms. The van der Waals surface area contributed by atoms with E-state index in [0.717, 1.165) is 23.9 Å². The Bertz CT molecular complexity index is 812. The van der Waals surface area contributed by atoms with Crippen LogP contribution in [0.3, 0.4) is 0 Å². The number of likely N-dealkylation sites (tertiary alicyclic amines) is 1. The maximum absolute atomic E-state index is 9.55. The van der Waals surface area contributed by atoms with Crippen LogP contribution in [0.2, 0.25) is 0 Å². The minimum atomic E-state index is -1.26. The zero-order valence-electron chi connectivity index (χ0n) is 17.8. The van der Waals surface area contributed by atoms with Gasteiger partial charge < -0.3 is 14.9 Å². The van der Waals surface area contributed by atoms with Gasteiger partial charge in [-0.3, -0.25) is 4.90 Å². The number of nitrogens with zero attached hydrogens (tertiary/aromatic N) is 3. The number of hydrogen-bond acceptors (Lipinski definition) is 5. The molecule has 3 heterocycles.